The first-order valence-corrected chi connectivity index (χ1v) is 6.04. The zero-order chi connectivity index (χ0) is 14.8. The molecular formula is C13H20N2O4. The summed E-state index contributed by atoms with van der Waals surface area (Å²) in [6.07, 6.45) is -0.0395. The van der Waals surface area contributed by atoms with Gasteiger partial charge in [0.15, 0.2) is 0 Å². The van der Waals surface area contributed by atoms with Crippen LogP contribution in [0.1, 0.15) is 37.3 Å². The Kier molecular flexibility index (Phi) is 4.34. The predicted octanol–water partition coefficient (Wildman–Crippen LogP) is 1.75. The van der Waals surface area contributed by atoms with Crippen molar-refractivity contribution in [3.05, 3.63) is 17.0 Å². The van der Waals surface area contributed by atoms with Crippen molar-refractivity contribution in [2.75, 3.05) is 7.05 Å². The fourth-order valence-corrected chi connectivity index (χ4v) is 1.64. The van der Waals surface area contributed by atoms with Crippen molar-refractivity contribution in [3.63, 3.8) is 0 Å². The number of hydrogen-bond acceptors (Lipinski definition) is 4. The summed E-state index contributed by atoms with van der Waals surface area (Å²) in [5.41, 5.74) is 0.544. The number of nitrogens with zero attached hydrogens (tertiary/aromatic N) is 2. The second kappa shape index (κ2) is 5.42. The molecule has 0 saturated carbocycles. The largest absolute Gasteiger partial charge is 0.481 e. The van der Waals surface area contributed by atoms with Crippen molar-refractivity contribution < 1.29 is 19.2 Å². The normalized spacial score (nSPS) is 11.4. The van der Waals surface area contributed by atoms with Gasteiger partial charge in [-0.25, -0.2) is 0 Å². The second-order valence-electron chi connectivity index (χ2n) is 5.42. The molecule has 0 aliphatic rings. The molecule has 1 rings (SSSR count). The molecule has 0 atom stereocenters. The van der Waals surface area contributed by atoms with Gasteiger partial charge in [0.2, 0.25) is 5.91 Å². The number of carbonyl (C=O) groups excluding carboxylic acids is 1. The van der Waals surface area contributed by atoms with E-state index in [9.17, 15) is 9.59 Å². The minimum atomic E-state index is -1.07. The van der Waals surface area contributed by atoms with Gasteiger partial charge in [-0.3, -0.25) is 9.59 Å². The summed E-state index contributed by atoms with van der Waals surface area (Å²) in [5, 5.41) is 12.8. The van der Waals surface area contributed by atoms with Crippen LogP contribution in [-0.4, -0.2) is 34.1 Å². The zero-order valence-corrected chi connectivity index (χ0v) is 12.0. The van der Waals surface area contributed by atoms with Crippen LogP contribution in [0.3, 0.4) is 0 Å². The first-order chi connectivity index (χ1) is 8.65. The molecule has 6 nitrogen and oxygen atoms in total. The fourth-order valence-electron chi connectivity index (χ4n) is 1.64. The van der Waals surface area contributed by atoms with Crippen LogP contribution in [0.15, 0.2) is 4.52 Å². The number of aryl methyl sites for hydroxylation is 2. The summed E-state index contributed by atoms with van der Waals surface area (Å²) in [6, 6.07) is 0. The topological polar surface area (TPSA) is 83.6 Å². The lowest BCUT2D eigenvalue weighted by molar-refractivity contribution is -0.151. The molecule has 0 unspecified atom stereocenters. The Morgan fingerprint density at radius 2 is 1.95 bits per heavy atom. The molecule has 0 fully saturated rings. The van der Waals surface area contributed by atoms with Crippen LogP contribution >= 0.6 is 0 Å². The molecule has 1 N–H and O–H groups in total. The van der Waals surface area contributed by atoms with E-state index in [0.29, 0.717) is 12.3 Å². The van der Waals surface area contributed by atoms with Crippen molar-refractivity contribution in [3.8, 4) is 0 Å². The average molecular weight is 268 g/mol. The number of hydrogen-bond donors (Lipinski definition) is 1. The van der Waals surface area contributed by atoms with Crippen LogP contribution < -0.4 is 0 Å². The van der Waals surface area contributed by atoms with Crippen LogP contribution in [0.25, 0.3) is 0 Å². The Hall–Kier alpha value is -1.85. The molecule has 1 amide bonds. The lowest BCUT2D eigenvalue weighted by Gasteiger charge is -2.23. The lowest BCUT2D eigenvalue weighted by atomic mass is 9.89. The maximum atomic E-state index is 12.0. The number of rotatable bonds is 5. The van der Waals surface area contributed by atoms with E-state index >= 15 is 0 Å². The molecule has 0 aliphatic carbocycles. The number of carbonyl (C=O) groups is 2. The number of amides is 1. The van der Waals surface area contributed by atoms with Crippen molar-refractivity contribution in [1.29, 1.82) is 0 Å². The van der Waals surface area contributed by atoms with Crippen LogP contribution in [0, 0.1) is 19.3 Å². The van der Waals surface area contributed by atoms with Gasteiger partial charge >= 0.3 is 5.97 Å². The maximum absolute atomic E-state index is 12.0. The van der Waals surface area contributed by atoms with Gasteiger partial charge in [0, 0.05) is 19.0 Å². The van der Waals surface area contributed by atoms with Gasteiger partial charge in [-0.15, -0.1) is 0 Å². The zero-order valence-electron chi connectivity index (χ0n) is 12.0. The van der Waals surface area contributed by atoms with Crippen LogP contribution in [0.4, 0.5) is 0 Å². The lowest BCUT2D eigenvalue weighted by Crippen LogP contribution is -2.34. The van der Waals surface area contributed by atoms with Crippen molar-refractivity contribution in [2.24, 2.45) is 5.41 Å². The van der Waals surface area contributed by atoms with Gasteiger partial charge in [0.1, 0.15) is 5.76 Å². The third-order valence-corrected chi connectivity index (χ3v) is 3.17. The van der Waals surface area contributed by atoms with Crippen molar-refractivity contribution in [2.45, 2.75) is 40.7 Å². The van der Waals surface area contributed by atoms with Gasteiger partial charge in [-0.1, -0.05) is 5.16 Å². The highest BCUT2D eigenvalue weighted by atomic mass is 16.5. The second-order valence-corrected chi connectivity index (χ2v) is 5.42. The monoisotopic (exact) mass is 268 g/mol. The van der Waals surface area contributed by atoms with Gasteiger partial charge < -0.3 is 14.5 Å². The van der Waals surface area contributed by atoms with Crippen molar-refractivity contribution >= 4 is 11.9 Å². The fraction of sp³-hybridized carbons (Fsp3) is 0.615. The summed E-state index contributed by atoms with van der Waals surface area (Å²) >= 11 is 0. The Morgan fingerprint density at radius 3 is 2.37 bits per heavy atom. The Balaban J connectivity index is 2.72. The van der Waals surface area contributed by atoms with Crippen LogP contribution in [-0.2, 0) is 16.1 Å². The Bertz CT molecular complexity index is 471. The molecule has 1 heterocycles. The minimum absolute atomic E-state index is 0.0395. The standard InChI is InChI=1S/C13H20N2O4/c1-8-10(9(2)19-14-8)7-15(5)11(16)6-13(3,4)12(17)18/h6-7H2,1-5H3,(H,17,18). The number of aromatic nitrogens is 1. The first-order valence-electron chi connectivity index (χ1n) is 6.04. The molecule has 19 heavy (non-hydrogen) atoms. The van der Waals surface area contributed by atoms with E-state index in [1.54, 1.807) is 14.0 Å². The molecule has 0 saturated heterocycles. The molecule has 0 bridgehead atoms. The van der Waals surface area contributed by atoms with E-state index < -0.39 is 11.4 Å². The number of carboxylic acids is 1. The van der Waals surface area contributed by atoms with E-state index in [1.807, 2.05) is 6.92 Å². The molecule has 1 aromatic heterocycles. The summed E-state index contributed by atoms with van der Waals surface area (Å²) in [5.74, 6) is -0.520. The van der Waals surface area contributed by atoms with Gasteiger partial charge in [0.25, 0.3) is 0 Å². The Morgan fingerprint density at radius 1 is 1.37 bits per heavy atom. The molecule has 0 aliphatic heterocycles. The summed E-state index contributed by atoms with van der Waals surface area (Å²) in [4.78, 5) is 24.5. The molecule has 106 valence electrons. The molecule has 0 spiro atoms. The molecule has 6 heteroatoms. The van der Waals surface area contributed by atoms with E-state index in [1.165, 1.54) is 18.7 Å². The minimum Gasteiger partial charge on any atom is -0.481 e. The Labute approximate surface area is 112 Å². The molecule has 0 aromatic carbocycles. The van der Waals surface area contributed by atoms with E-state index in [4.69, 9.17) is 9.63 Å². The number of aliphatic carboxylic acids is 1. The van der Waals surface area contributed by atoms with Gasteiger partial charge in [0.05, 0.1) is 17.7 Å². The van der Waals surface area contributed by atoms with Crippen LogP contribution in [0.2, 0.25) is 0 Å². The summed E-state index contributed by atoms with van der Waals surface area (Å²) in [6.45, 7) is 7.05. The van der Waals surface area contributed by atoms with Crippen LogP contribution in [0.5, 0.6) is 0 Å². The van der Waals surface area contributed by atoms with Crippen molar-refractivity contribution in [1.82, 2.24) is 10.1 Å². The SMILES string of the molecule is Cc1noc(C)c1CN(C)C(=O)CC(C)(C)C(=O)O. The predicted molar refractivity (Wildman–Crippen MR) is 68.5 cm³/mol. The third kappa shape index (κ3) is 3.56. The molecular weight excluding hydrogens is 248 g/mol. The van der Waals surface area contributed by atoms with Gasteiger partial charge in [-0.2, -0.15) is 0 Å². The summed E-state index contributed by atoms with van der Waals surface area (Å²) in [7, 11) is 1.64. The molecule has 1 aromatic rings. The quantitative estimate of drug-likeness (QED) is 0.879. The smallest absolute Gasteiger partial charge is 0.309 e. The number of carboxylic acid groups (broad SMARTS) is 1. The van der Waals surface area contributed by atoms with Gasteiger partial charge in [-0.05, 0) is 27.7 Å². The highest BCUT2D eigenvalue weighted by Gasteiger charge is 2.31. The van der Waals surface area contributed by atoms with E-state index in [0.717, 1.165) is 11.3 Å². The summed E-state index contributed by atoms with van der Waals surface area (Å²) < 4.78 is 5.03. The highest BCUT2D eigenvalue weighted by molar-refractivity contribution is 5.84. The first kappa shape index (κ1) is 15.2. The maximum Gasteiger partial charge on any atom is 0.309 e. The third-order valence-electron chi connectivity index (χ3n) is 3.17. The van der Waals surface area contributed by atoms with E-state index in [2.05, 4.69) is 5.16 Å². The average Bonchev–Trinajstić information content (AvgIpc) is 2.59. The van der Waals surface area contributed by atoms with E-state index in [-0.39, 0.29) is 12.3 Å². The molecule has 0 radical (unpaired) electrons. The highest BCUT2D eigenvalue weighted by Crippen LogP contribution is 2.22.